The third-order valence-corrected chi connectivity index (χ3v) is 9.29. The van der Waals surface area contributed by atoms with Crippen LogP contribution >= 0.6 is 20.5 Å². The predicted molar refractivity (Wildman–Crippen MR) is 122 cm³/mol. The predicted octanol–water partition coefficient (Wildman–Crippen LogP) is -0.954. The van der Waals surface area contributed by atoms with Crippen LogP contribution in [0.15, 0.2) is 11.3 Å². The fourth-order valence-electron chi connectivity index (χ4n) is 5.97. The van der Waals surface area contributed by atoms with Crippen LogP contribution < -0.4 is 5.32 Å². The number of aliphatic hydroxyl groups excluding tert-OH is 2. The standard InChI is InChI=1S/C20H27N4O11PS/c1-7-14-15-20(2,37)17(27)21-18(28)22(15)13-4-9(10(5-25)33-13)35-36(30,31)32-6-11-8(26)3-12(34-11)23-16(7)24(14)19(23)29/h8-13,15-16,25-26,37H,3-6H2,1-2H3,(H,30,31)(H,21,27,28)/t8-,9-,10+,11+,12+,13+,15-,16?,20+/m0/s1. The van der Waals surface area contributed by atoms with Crippen LogP contribution in [0.4, 0.5) is 9.59 Å². The first-order chi connectivity index (χ1) is 17.4. The monoisotopic (exact) mass is 562 g/mol. The third kappa shape index (κ3) is 3.62. The van der Waals surface area contributed by atoms with Crippen molar-refractivity contribution in [1.29, 1.82) is 0 Å². The average molecular weight is 562 g/mol. The number of imide groups is 1. The van der Waals surface area contributed by atoms with Gasteiger partial charge in [-0.05, 0) is 19.4 Å². The van der Waals surface area contributed by atoms with Crippen LogP contribution in [-0.4, -0.2) is 115 Å². The van der Waals surface area contributed by atoms with Crippen molar-refractivity contribution in [1.82, 2.24) is 20.0 Å². The number of thiol groups is 1. The van der Waals surface area contributed by atoms with E-state index in [2.05, 4.69) is 17.9 Å². The van der Waals surface area contributed by atoms with E-state index < -0.39 is 92.8 Å². The second-order valence-corrected chi connectivity index (χ2v) is 12.4. The maximum absolute atomic E-state index is 13.3. The van der Waals surface area contributed by atoms with E-state index in [1.807, 2.05) is 0 Å². The zero-order valence-corrected chi connectivity index (χ0v) is 21.6. The number of hydrogen-bond donors (Lipinski definition) is 5. The Morgan fingerprint density at radius 1 is 1.16 bits per heavy atom. The number of nitrogens with one attached hydrogen (secondary N) is 1. The molecule has 7 rings (SSSR count). The van der Waals surface area contributed by atoms with Crippen LogP contribution in [0.3, 0.4) is 0 Å². The summed E-state index contributed by atoms with van der Waals surface area (Å²) in [7, 11) is -4.72. The number of hydrogen-bond acceptors (Lipinski definition) is 11. The molecular weight excluding hydrogens is 535 g/mol. The molecule has 204 valence electrons. The average Bonchev–Trinajstić information content (AvgIpc) is 3.37. The summed E-state index contributed by atoms with van der Waals surface area (Å²) >= 11 is 4.58. The van der Waals surface area contributed by atoms with Gasteiger partial charge in [-0.3, -0.25) is 33.9 Å². The van der Waals surface area contributed by atoms with Crippen LogP contribution in [0.2, 0.25) is 0 Å². The lowest BCUT2D eigenvalue weighted by Gasteiger charge is -2.63. The van der Waals surface area contributed by atoms with E-state index in [0.29, 0.717) is 11.3 Å². The van der Waals surface area contributed by atoms with Gasteiger partial charge in [0.2, 0.25) is 5.91 Å². The van der Waals surface area contributed by atoms with Gasteiger partial charge < -0.3 is 24.6 Å². The summed E-state index contributed by atoms with van der Waals surface area (Å²) in [5.74, 6) is -0.673. The van der Waals surface area contributed by atoms with Crippen molar-refractivity contribution in [2.75, 3.05) is 13.2 Å². The molecule has 0 aliphatic carbocycles. The van der Waals surface area contributed by atoms with E-state index in [1.165, 1.54) is 21.6 Å². The fraction of sp³-hybridized carbons (Fsp3) is 0.750. The normalized spacial score (nSPS) is 47.5. The quantitative estimate of drug-likeness (QED) is 0.196. The van der Waals surface area contributed by atoms with Crippen molar-refractivity contribution in [3.05, 3.63) is 11.3 Å². The molecule has 0 aromatic rings. The van der Waals surface area contributed by atoms with Crippen molar-refractivity contribution >= 4 is 38.4 Å². The zero-order chi connectivity index (χ0) is 26.6. The first kappa shape index (κ1) is 25.5. The molecule has 7 aliphatic rings. The summed E-state index contributed by atoms with van der Waals surface area (Å²) in [5.41, 5.74) is 1.10. The molecule has 8 bridgehead atoms. The Hall–Kier alpha value is -1.75. The highest BCUT2D eigenvalue weighted by molar-refractivity contribution is 7.82. The van der Waals surface area contributed by atoms with Gasteiger partial charge in [0.1, 0.15) is 41.7 Å². The van der Waals surface area contributed by atoms with E-state index in [4.69, 9.17) is 18.5 Å². The summed E-state index contributed by atoms with van der Waals surface area (Å²) in [6.45, 7) is 2.18. The van der Waals surface area contributed by atoms with Gasteiger partial charge in [-0.1, -0.05) is 0 Å². The van der Waals surface area contributed by atoms with Crippen LogP contribution in [0, 0.1) is 0 Å². The highest BCUT2D eigenvalue weighted by Gasteiger charge is 2.66. The molecule has 0 aromatic heterocycles. The van der Waals surface area contributed by atoms with Gasteiger partial charge in [0.05, 0.1) is 31.1 Å². The van der Waals surface area contributed by atoms with E-state index in [-0.39, 0.29) is 12.8 Å². The highest BCUT2D eigenvalue weighted by atomic mass is 32.1. The summed E-state index contributed by atoms with van der Waals surface area (Å²) in [5, 5.41) is 22.6. The topological polar surface area (TPSA) is 188 Å². The number of aliphatic hydroxyl groups is 2. The van der Waals surface area contributed by atoms with Crippen molar-refractivity contribution in [3.63, 3.8) is 0 Å². The van der Waals surface area contributed by atoms with Gasteiger partial charge in [0.25, 0.3) is 0 Å². The summed E-state index contributed by atoms with van der Waals surface area (Å²) < 4.78 is 33.2. The Morgan fingerprint density at radius 3 is 2.57 bits per heavy atom. The molecule has 0 saturated carbocycles. The van der Waals surface area contributed by atoms with Crippen LogP contribution in [0.1, 0.15) is 26.7 Å². The first-order valence-electron chi connectivity index (χ1n) is 11.8. The number of nitrogens with zero attached hydrogens (tertiary/aromatic N) is 3. The number of carbonyl (C=O) groups excluding carboxylic acids is 3. The lowest BCUT2D eigenvalue weighted by molar-refractivity contribution is -0.139. The molecule has 0 spiro atoms. The van der Waals surface area contributed by atoms with Crippen LogP contribution in [-0.2, 0) is 27.9 Å². The number of rotatable bonds is 1. The van der Waals surface area contributed by atoms with Gasteiger partial charge in [0, 0.05) is 12.8 Å². The molecule has 7 aliphatic heterocycles. The molecule has 4 N–H and O–H groups in total. The molecule has 0 aromatic carbocycles. The van der Waals surface area contributed by atoms with E-state index in [1.54, 1.807) is 6.92 Å². The summed E-state index contributed by atoms with van der Waals surface area (Å²) in [4.78, 5) is 53.7. The molecule has 10 atom stereocenters. The number of ether oxygens (including phenoxy) is 2. The highest BCUT2D eigenvalue weighted by Crippen LogP contribution is 2.53. The minimum atomic E-state index is -4.72. The van der Waals surface area contributed by atoms with E-state index in [0.717, 1.165) is 0 Å². The number of fused-ring (bicyclic) bond motifs is 3. The van der Waals surface area contributed by atoms with Gasteiger partial charge in [-0.25, -0.2) is 14.2 Å². The van der Waals surface area contributed by atoms with Crippen molar-refractivity contribution < 1.29 is 52.6 Å². The Morgan fingerprint density at radius 2 is 1.86 bits per heavy atom. The van der Waals surface area contributed by atoms with Crippen molar-refractivity contribution in [3.8, 4) is 0 Å². The van der Waals surface area contributed by atoms with Crippen LogP contribution in [0.5, 0.6) is 0 Å². The molecule has 0 radical (unpaired) electrons. The number of phosphoric acid groups is 1. The van der Waals surface area contributed by atoms with Crippen molar-refractivity contribution in [2.45, 2.75) is 80.5 Å². The Kier molecular flexibility index (Phi) is 5.78. The Balaban J connectivity index is 1.44. The lowest BCUT2D eigenvalue weighted by atomic mass is 9.82. The minimum Gasteiger partial charge on any atom is -0.394 e. The molecule has 7 heterocycles. The fourth-order valence-corrected chi connectivity index (χ4v) is 7.23. The largest absolute Gasteiger partial charge is 0.472 e. The Bertz CT molecular complexity index is 1150. The molecule has 5 saturated heterocycles. The van der Waals surface area contributed by atoms with E-state index >= 15 is 0 Å². The minimum absolute atomic E-state index is 0.0508. The van der Waals surface area contributed by atoms with Gasteiger partial charge in [-0.2, -0.15) is 12.6 Å². The molecule has 2 unspecified atom stereocenters. The summed E-state index contributed by atoms with van der Waals surface area (Å²) in [6, 6.07) is -2.32. The van der Waals surface area contributed by atoms with E-state index in [9.17, 15) is 34.1 Å². The SMILES string of the molecule is CC1=C2[C@@H]3N(C(=O)NC(=O)[C@]3(C)S)[C@H]3C[C@H](OP(=O)(O)OC[C@H]4O[C@H](C[C@@H]4O)N4C(=O)N2C14)[C@@H](CO)O3. The number of urea groups is 2. The molecule has 37 heavy (non-hydrogen) atoms. The van der Waals surface area contributed by atoms with Gasteiger partial charge in [0.15, 0.2) is 0 Å². The Labute approximate surface area is 216 Å². The molecule has 15 nitrogen and oxygen atoms in total. The smallest absolute Gasteiger partial charge is 0.394 e. The first-order valence-corrected chi connectivity index (χ1v) is 13.7. The maximum atomic E-state index is 13.3. The molecular formula is C20H27N4O11PS. The maximum Gasteiger partial charge on any atom is 0.472 e. The number of amides is 5. The molecule has 17 heteroatoms. The molecule has 5 fully saturated rings. The summed E-state index contributed by atoms with van der Waals surface area (Å²) in [6.07, 6.45) is -6.89. The van der Waals surface area contributed by atoms with Crippen LogP contribution in [0.25, 0.3) is 0 Å². The second-order valence-electron chi connectivity index (χ2n) is 10.1. The second kappa shape index (κ2) is 8.37. The number of carbonyl (C=O) groups is 3. The lowest BCUT2D eigenvalue weighted by Crippen LogP contribution is -2.80. The molecule has 5 amide bonds. The van der Waals surface area contributed by atoms with Gasteiger partial charge in [-0.15, -0.1) is 0 Å². The van der Waals surface area contributed by atoms with Crippen molar-refractivity contribution in [2.24, 2.45) is 0 Å². The number of phosphoric ester groups is 1. The van der Waals surface area contributed by atoms with Gasteiger partial charge >= 0.3 is 19.9 Å². The third-order valence-electron chi connectivity index (χ3n) is 7.83. The zero-order valence-electron chi connectivity index (χ0n) is 19.8.